The van der Waals surface area contributed by atoms with Crippen molar-refractivity contribution < 1.29 is 18.0 Å². The molecule has 0 rings (SSSR count). The van der Waals surface area contributed by atoms with Crippen LogP contribution in [-0.4, -0.2) is 39.5 Å². The normalized spacial score (nSPS) is 12.5. The van der Waals surface area contributed by atoms with Crippen molar-refractivity contribution in [1.82, 2.24) is 10.0 Å². The Bertz CT molecular complexity index is 427. The van der Waals surface area contributed by atoms with Gasteiger partial charge in [-0.3, -0.25) is 14.3 Å². The Labute approximate surface area is 115 Å². The van der Waals surface area contributed by atoms with Crippen molar-refractivity contribution in [1.29, 1.82) is 0 Å². The van der Waals surface area contributed by atoms with E-state index >= 15 is 0 Å². The molecule has 0 aliphatic heterocycles. The van der Waals surface area contributed by atoms with Crippen LogP contribution >= 0.6 is 0 Å². The molecule has 0 heterocycles. The first-order chi connectivity index (χ1) is 8.52. The van der Waals surface area contributed by atoms with E-state index < -0.39 is 21.3 Å². The summed E-state index contributed by atoms with van der Waals surface area (Å²) in [7, 11) is -2.03. The number of ketones is 1. The van der Waals surface area contributed by atoms with E-state index in [2.05, 4.69) is 5.32 Å². The van der Waals surface area contributed by atoms with Crippen LogP contribution in [0.1, 0.15) is 34.1 Å². The van der Waals surface area contributed by atoms with Crippen LogP contribution in [0, 0.1) is 11.3 Å². The van der Waals surface area contributed by atoms with Crippen molar-refractivity contribution in [2.24, 2.45) is 11.3 Å². The molecule has 6 nitrogen and oxygen atoms in total. The summed E-state index contributed by atoms with van der Waals surface area (Å²) < 4.78 is 25.2. The molecule has 0 aromatic carbocycles. The predicted octanol–water partition coefficient (Wildman–Crippen LogP) is 0.293. The Balaban J connectivity index is 4.68. The van der Waals surface area contributed by atoms with E-state index in [0.717, 1.165) is 0 Å². The summed E-state index contributed by atoms with van der Waals surface area (Å²) in [5.41, 5.74) is -1.03. The molecule has 0 saturated heterocycles. The molecule has 7 heteroatoms. The minimum atomic E-state index is -3.66. The predicted molar refractivity (Wildman–Crippen MR) is 74.1 cm³/mol. The molecule has 0 bridgehead atoms. The van der Waals surface area contributed by atoms with Gasteiger partial charge in [0.2, 0.25) is 15.9 Å². The molecule has 0 radical (unpaired) electrons. The van der Waals surface area contributed by atoms with Gasteiger partial charge in [-0.05, 0) is 7.05 Å². The van der Waals surface area contributed by atoms with Gasteiger partial charge in [0.05, 0.1) is 11.2 Å². The first-order valence-corrected chi connectivity index (χ1v) is 7.89. The highest BCUT2D eigenvalue weighted by Crippen LogP contribution is 2.23. The molecule has 2 N–H and O–H groups in total. The van der Waals surface area contributed by atoms with Gasteiger partial charge in [0.15, 0.2) is 0 Å². The van der Waals surface area contributed by atoms with Crippen LogP contribution < -0.4 is 10.0 Å². The Morgan fingerprint density at radius 2 is 1.74 bits per heavy atom. The molecule has 0 saturated carbocycles. The standard InChI is InChI=1S/C12H24N2O4S/c1-9(2)10(15)8-12(3,4)11(16)14-19(17,18)7-6-13-5/h9,13H,6-8H2,1-5H3,(H,14,16). The lowest BCUT2D eigenvalue weighted by Crippen LogP contribution is -2.43. The zero-order valence-electron chi connectivity index (χ0n) is 12.2. The summed E-state index contributed by atoms with van der Waals surface area (Å²) in [6.45, 7) is 6.89. The van der Waals surface area contributed by atoms with Crippen LogP contribution in [0.2, 0.25) is 0 Å². The number of nitrogens with one attached hydrogen (secondary N) is 2. The third-order valence-electron chi connectivity index (χ3n) is 2.74. The smallest absolute Gasteiger partial charge is 0.239 e. The molecule has 0 spiro atoms. The molecule has 0 unspecified atom stereocenters. The molecule has 0 aromatic heterocycles. The third kappa shape index (κ3) is 6.68. The fourth-order valence-corrected chi connectivity index (χ4v) is 2.42. The minimum Gasteiger partial charge on any atom is -0.319 e. The number of hydrogen-bond donors (Lipinski definition) is 2. The Hall–Kier alpha value is -0.950. The summed E-state index contributed by atoms with van der Waals surface area (Å²) in [4.78, 5) is 23.6. The molecular formula is C12H24N2O4S. The lowest BCUT2D eigenvalue weighted by molar-refractivity contribution is -0.133. The molecular weight excluding hydrogens is 268 g/mol. The van der Waals surface area contributed by atoms with Gasteiger partial charge in [-0.15, -0.1) is 0 Å². The number of rotatable bonds is 8. The molecule has 19 heavy (non-hydrogen) atoms. The second kappa shape index (κ2) is 7.00. The van der Waals surface area contributed by atoms with Gasteiger partial charge in [-0.1, -0.05) is 27.7 Å². The monoisotopic (exact) mass is 292 g/mol. The van der Waals surface area contributed by atoms with Gasteiger partial charge in [0.1, 0.15) is 5.78 Å². The van der Waals surface area contributed by atoms with Crippen LogP contribution in [0.4, 0.5) is 0 Å². The number of Topliss-reactive ketones (excluding diaryl/α,β-unsaturated/α-hetero) is 1. The van der Waals surface area contributed by atoms with Crippen molar-refractivity contribution in [3.8, 4) is 0 Å². The lowest BCUT2D eigenvalue weighted by Gasteiger charge is -2.23. The molecule has 1 amide bonds. The highest BCUT2D eigenvalue weighted by Gasteiger charge is 2.33. The first kappa shape index (κ1) is 18.0. The Kier molecular flexibility index (Phi) is 6.65. The van der Waals surface area contributed by atoms with E-state index in [1.807, 2.05) is 4.72 Å². The van der Waals surface area contributed by atoms with Crippen LogP contribution in [0.15, 0.2) is 0 Å². The fourth-order valence-electron chi connectivity index (χ4n) is 1.29. The summed E-state index contributed by atoms with van der Waals surface area (Å²) in [6.07, 6.45) is 0.0258. The summed E-state index contributed by atoms with van der Waals surface area (Å²) in [5.74, 6) is -1.05. The van der Waals surface area contributed by atoms with Gasteiger partial charge >= 0.3 is 0 Å². The number of hydrogen-bond acceptors (Lipinski definition) is 5. The lowest BCUT2D eigenvalue weighted by atomic mass is 9.84. The van der Waals surface area contributed by atoms with Crippen LogP contribution in [0.3, 0.4) is 0 Å². The van der Waals surface area contributed by atoms with Crippen LogP contribution in [-0.2, 0) is 19.6 Å². The van der Waals surface area contributed by atoms with E-state index in [0.29, 0.717) is 0 Å². The summed E-state index contributed by atoms with van der Waals surface area (Å²) in [5, 5.41) is 2.70. The quantitative estimate of drug-likeness (QED) is 0.671. The fraction of sp³-hybridized carbons (Fsp3) is 0.833. The van der Waals surface area contributed by atoms with E-state index in [1.165, 1.54) is 0 Å². The number of carbonyl (C=O) groups is 2. The van der Waals surface area contributed by atoms with Crippen molar-refractivity contribution >= 4 is 21.7 Å². The van der Waals surface area contributed by atoms with Gasteiger partial charge in [0, 0.05) is 18.9 Å². The maximum absolute atomic E-state index is 11.9. The molecule has 0 aliphatic carbocycles. The first-order valence-electron chi connectivity index (χ1n) is 6.24. The van der Waals surface area contributed by atoms with Crippen LogP contribution in [0.25, 0.3) is 0 Å². The van der Waals surface area contributed by atoms with E-state index in [9.17, 15) is 18.0 Å². The molecule has 0 aliphatic rings. The number of sulfonamides is 1. The zero-order chi connectivity index (χ0) is 15.3. The number of amides is 1. The van der Waals surface area contributed by atoms with Gasteiger partial charge in [-0.25, -0.2) is 8.42 Å². The van der Waals surface area contributed by atoms with Crippen molar-refractivity contribution in [3.05, 3.63) is 0 Å². The highest BCUT2D eigenvalue weighted by atomic mass is 32.2. The van der Waals surface area contributed by atoms with Crippen LogP contribution in [0.5, 0.6) is 0 Å². The average molecular weight is 292 g/mol. The molecule has 112 valence electrons. The molecule has 0 atom stereocenters. The Morgan fingerprint density at radius 1 is 1.21 bits per heavy atom. The maximum Gasteiger partial charge on any atom is 0.239 e. The van der Waals surface area contributed by atoms with E-state index in [4.69, 9.17) is 0 Å². The van der Waals surface area contributed by atoms with Crippen molar-refractivity contribution in [2.75, 3.05) is 19.3 Å². The summed E-state index contributed by atoms with van der Waals surface area (Å²) >= 11 is 0. The minimum absolute atomic E-state index is 0.0258. The summed E-state index contributed by atoms with van der Waals surface area (Å²) in [6, 6.07) is 0. The molecule has 0 aromatic rings. The zero-order valence-corrected chi connectivity index (χ0v) is 13.1. The van der Waals surface area contributed by atoms with Gasteiger partial charge in [-0.2, -0.15) is 0 Å². The average Bonchev–Trinajstić information content (AvgIpc) is 2.25. The second-order valence-electron chi connectivity index (χ2n) is 5.54. The largest absolute Gasteiger partial charge is 0.319 e. The van der Waals surface area contributed by atoms with Crippen molar-refractivity contribution in [2.45, 2.75) is 34.1 Å². The molecule has 0 fully saturated rings. The Morgan fingerprint density at radius 3 is 2.16 bits per heavy atom. The third-order valence-corrected chi connectivity index (χ3v) is 3.98. The number of carbonyl (C=O) groups excluding carboxylic acids is 2. The maximum atomic E-state index is 11.9. The van der Waals surface area contributed by atoms with Gasteiger partial charge in [0.25, 0.3) is 0 Å². The highest BCUT2D eigenvalue weighted by molar-refractivity contribution is 7.90. The van der Waals surface area contributed by atoms with E-state index in [1.54, 1.807) is 34.7 Å². The van der Waals surface area contributed by atoms with Crippen molar-refractivity contribution in [3.63, 3.8) is 0 Å². The van der Waals surface area contributed by atoms with E-state index in [-0.39, 0.29) is 30.4 Å². The van der Waals surface area contributed by atoms with Gasteiger partial charge < -0.3 is 5.32 Å². The second-order valence-corrected chi connectivity index (χ2v) is 7.38. The topological polar surface area (TPSA) is 92.3 Å². The SMILES string of the molecule is CNCCS(=O)(=O)NC(=O)C(C)(C)CC(=O)C(C)C.